The molecule has 15 heavy (non-hydrogen) atoms. The first-order valence-electron chi connectivity index (χ1n) is 6.10. The quantitative estimate of drug-likeness (QED) is 0.715. The van der Waals surface area contributed by atoms with Crippen molar-refractivity contribution in [3.05, 3.63) is 0 Å². The van der Waals surface area contributed by atoms with Gasteiger partial charge in [0.2, 0.25) is 5.91 Å². The highest BCUT2D eigenvalue weighted by molar-refractivity contribution is 5.79. The molecule has 1 aliphatic carbocycles. The summed E-state index contributed by atoms with van der Waals surface area (Å²) in [6.45, 7) is 3.09. The van der Waals surface area contributed by atoms with Gasteiger partial charge in [-0.2, -0.15) is 0 Å². The molecule has 1 unspecified atom stereocenters. The lowest BCUT2D eigenvalue weighted by Gasteiger charge is -2.26. The van der Waals surface area contributed by atoms with Crippen molar-refractivity contribution < 1.29 is 9.90 Å². The molecule has 3 heteroatoms. The number of carbonyl (C=O) groups is 1. The van der Waals surface area contributed by atoms with Crippen LogP contribution in [-0.4, -0.2) is 34.6 Å². The SMILES string of the molecule is CC1(O)CCN(C(=O)C2CCCCC2)C1. The summed E-state index contributed by atoms with van der Waals surface area (Å²) in [4.78, 5) is 14.0. The van der Waals surface area contributed by atoms with Gasteiger partial charge in [0.1, 0.15) is 0 Å². The van der Waals surface area contributed by atoms with Crippen LogP contribution in [0.15, 0.2) is 0 Å². The van der Waals surface area contributed by atoms with Gasteiger partial charge in [0.25, 0.3) is 0 Å². The van der Waals surface area contributed by atoms with E-state index in [1.165, 1.54) is 19.3 Å². The molecule has 1 aliphatic heterocycles. The molecular weight excluding hydrogens is 190 g/mol. The van der Waals surface area contributed by atoms with Crippen molar-refractivity contribution >= 4 is 5.91 Å². The highest BCUT2D eigenvalue weighted by Crippen LogP contribution is 2.28. The Kier molecular flexibility index (Phi) is 3.01. The first-order chi connectivity index (χ1) is 7.08. The zero-order valence-corrected chi connectivity index (χ0v) is 9.54. The number of likely N-dealkylation sites (tertiary alicyclic amines) is 1. The highest BCUT2D eigenvalue weighted by atomic mass is 16.3. The molecule has 0 aromatic heterocycles. The minimum absolute atomic E-state index is 0.243. The fourth-order valence-electron chi connectivity index (χ4n) is 2.74. The maximum atomic E-state index is 12.1. The van der Waals surface area contributed by atoms with Crippen molar-refractivity contribution in [2.24, 2.45) is 5.92 Å². The monoisotopic (exact) mass is 211 g/mol. The Bertz CT molecular complexity index is 244. The van der Waals surface area contributed by atoms with Crippen LogP contribution < -0.4 is 0 Å². The second kappa shape index (κ2) is 4.12. The molecule has 2 aliphatic rings. The largest absolute Gasteiger partial charge is 0.388 e. The number of amides is 1. The molecule has 1 saturated heterocycles. The van der Waals surface area contributed by atoms with E-state index >= 15 is 0 Å². The van der Waals surface area contributed by atoms with Crippen molar-refractivity contribution in [2.75, 3.05) is 13.1 Å². The Hall–Kier alpha value is -0.570. The van der Waals surface area contributed by atoms with Crippen LogP contribution in [0.4, 0.5) is 0 Å². The van der Waals surface area contributed by atoms with Crippen LogP contribution in [0.2, 0.25) is 0 Å². The number of aliphatic hydroxyl groups is 1. The Balaban J connectivity index is 1.90. The van der Waals surface area contributed by atoms with E-state index < -0.39 is 5.60 Å². The van der Waals surface area contributed by atoms with E-state index in [1.807, 2.05) is 11.8 Å². The van der Waals surface area contributed by atoms with Gasteiger partial charge >= 0.3 is 0 Å². The van der Waals surface area contributed by atoms with E-state index in [0.717, 1.165) is 25.8 Å². The molecule has 2 rings (SSSR count). The summed E-state index contributed by atoms with van der Waals surface area (Å²) in [6, 6.07) is 0. The standard InChI is InChI=1S/C12H21NO2/c1-12(15)7-8-13(9-12)11(14)10-5-3-2-4-6-10/h10,15H,2-9H2,1H3. The molecule has 0 radical (unpaired) electrons. The molecule has 1 atom stereocenters. The van der Waals surface area contributed by atoms with Gasteiger partial charge in [-0.25, -0.2) is 0 Å². The van der Waals surface area contributed by atoms with Gasteiger partial charge in [0.15, 0.2) is 0 Å². The van der Waals surface area contributed by atoms with Gasteiger partial charge in [0, 0.05) is 19.0 Å². The molecule has 1 heterocycles. The Labute approximate surface area is 91.5 Å². The van der Waals surface area contributed by atoms with Crippen LogP contribution in [0.1, 0.15) is 45.4 Å². The van der Waals surface area contributed by atoms with Crippen LogP contribution in [0.5, 0.6) is 0 Å². The molecular formula is C12H21NO2. The number of hydrogen-bond donors (Lipinski definition) is 1. The second-order valence-corrected chi connectivity index (χ2v) is 5.34. The fourth-order valence-corrected chi connectivity index (χ4v) is 2.74. The second-order valence-electron chi connectivity index (χ2n) is 5.34. The summed E-state index contributed by atoms with van der Waals surface area (Å²) in [5.74, 6) is 0.528. The normalized spacial score (nSPS) is 33.3. The third-order valence-corrected chi connectivity index (χ3v) is 3.72. The summed E-state index contributed by atoms with van der Waals surface area (Å²) >= 11 is 0. The molecule has 1 N–H and O–H groups in total. The number of β-amino-alcohol motifs (C(OH)–C–C–N with tert-alkyl or cyclic N) is 1. The van der Waals surface area contributed by atoms with Crippen LogP contribution in [0, 0.1) is 5.92 Å². The summed E-state index contributed by atoms with van der Waals surface area (Å²) in [6.07, 6.45) is 6.50. The minimum Gasteiger partial charge on any atom is -0.388 e. The van der Waals surface area contributed by atoms with E-state index in [4.69, 9.17) is 0 Å². The van der Waals surface area contributed by atoms with Crippen molar-refractivity contribution in [1.82, 2.24) is 4.90 Å². The predicted octanol–water partition coefficient (Wildman–Crippen LogP) is 1.55. The Morgan fingerprint density at radius 3 is 2.53 bits per heavy atom. The smallest absolute Gasteiger partial charge is 0.225 e. The van der Waals surface area contributed by atoms with Gasteiger partial charge in [-0.05, 0) is 26.2 Å². The Morgan fingerprint density at radius 1 is 1.33 bits per heavy atom. The van der Waals surface area contributed by atoms with Gasteiger partial charge in [-0.3, -0.25) is 4.79 Å². The topological polar surface area (TPSA) is 40.5 Å². The average molecular weight is 211 g/mol. The molecule has 1 amide bonds. The van der Waals surface area contributed by atoms with E-state index in [2.05, 4.69) is 0 Å². The maximum Gasteiger partial charge on any atom is 0.225 e. The molecule has 0 bridgehead atoms. The van der Waals surface area contributed by atoms with Crippen molar-refractivity contribution in [3.8, 4) is 0 Å². The number of rotatable bonds is 1. The molecule has 0 aromatic rings. The lowest BCUT2D eigenvalue weighted by molar-refractivity contribution is -0.136. The number of hydrogen-bond acceptors (Lipinski definition) is 2. The van der Waals surface area contributed by atoms with E-state index in [-0.39, 0.29) is 11.8 Å². The van der Waals surface area contributed by atoms with Gasteiger partial charge < -0.3 is 10.0 Å². The number of carbonyl (C=O) groups excluding carboxylic acids is 1. The van der Waals surface area contributed by atoms with E-state index in [9.17, 15) is 9.90 Å². The third-order valence-electron chi connectivity index (χ3n) is 3.72. The van der Waals surface area contributed by atoms with Crippen molar-refractivity contribution in [1.29, 1.82) is 0 Å². The Morgan fingerprint density at radius 2 is 2.00 bits per heavy atom. The molecule has 86 valence electrons. The van der Waals surface area contributed by atoms with Crippen LogP contribution in [0.25, 0.3) is 0 Å². The fraction of sp³-hybridized carbons (Fsp3) is 0.917. The van der Waals surface area contributed by atoms with E-state index in [0.29, 0.717) is 6.54 Å². The summed E-state index contributed by atoms with van der Waals surface area (Å²) in [5, 5.41) is 9.82. The van der Waals surface area contributed by atoms with Crippen molar-refractivity contribution in [2.45, 2.75) is 51.0 Å². The zero-order valence-electron chi connectivity index (χ0n) is 9.54. The van der Waals surface area contributed by atoms with E-state index in [1.54, 1.807) is 0 Å². The van der Waals surface area contributed by atoms with Crippen molar-refractivity contribution in [3.63, 3.8) is 0 Å². The first kappa shape index (κ1) is 10.9. The summed E-state index contributed by atoms with van der Waals surface area (Å²) in [7, 11) is 0. The first-order valence-corrected chi connectivity index (χ1v) is 6.10. The van der Waals surface area contributed by atoms with Gasteiger partial charge in [0.05, 0.1) is 5.60 Å². The summed E-state index contributed by atoms with van der Waals surface area (Å²) < 4.78 is 0. The molecule has 1 saturated carbocycles. The van der Waals surface area contributed by atoms with Gasteiger partial charge in [-0.15, -0.1) is 0 Å². The zero-order chi connectivity index (χ0) is 10.9. The maximum absolute atomic E-state index is 12.1. The molecule has 3 nitrogen and oxygen atoms in total. The predicted molar refractivity (Wildman–Crippen MR) is 58.4 cm³/mol. The number of nitrogens with zero attached hydrogens (tertiary/aromatic N) is 1. The lowest BCUT2D eigenvalue weighted by atomic mass is 9.88. The lowest BCUT2D eigenvalue weighted by Crippen LogP contribution is -2.38. The van der Waals surface area contributed by atoms with Crippen LogP contribution in [-0.2, 0) is 4.79 Å². The summed E-state index contributed by atoms with van der Waals surface area (Å²) in [5.41, 5.74) is -0.648. The van der Waals surface area contributed by atoms with Crippen LogP contribution in [0.3, 0.4) is 0 Å². The highest BCUT2D eigenvalue weighted by Gasteiger charge is 2.36. The molecule has 0 aromatic carbocycles. The third kappa shape index (κ3) is 2.51. The molecule has 2 fully saturated rings. The van der Waals surface area contributed by atoms with Crippen LogP contribution >= 0.6 is 0 Å². The van der Waals surface area contributed by atoms with Gasteiger partial charge in [-0.1, -0.05) is 19.3 Å². The average Bonchev–Trinajstić information content (AvgIpc) is 2.59. The minimum atomic E-state index is -0.648. The molecule has 0 spiro atoms.